The molecule has 4 heteroatoms. The molecule has 17 heavy (non-hydrogen) atoms. The minimum atomic E-state index is -1.24. The third-order valence-electron chi connectivity index (χ3n) is 2.47. The summed E-state index contributed by atoms with van der Waals surface area (Å²) in [6.07, 6.45) is 7.82. The summed E-state index contributed by atoms with van der Waals surface area (Å²) in [6, 6.07) is 0. The van der Waals surface area contributed by atoms with Gasteiger partial charge in [-0.1, -0.05) is 25.2 Å². The second-order valence-corrected chi connectivity index (χ2v) is 3.97. The zero-order valence-corrected chi connectivity index (χ0v) is 10.2. The number of carbonyl (C=O) groups is 2. The largest absolute Gasteiger partial charge is 0.507 e. The van der Waals surface area contributed by atoms with E-state index in [0.29, 0.717) is 0 Å². The maximum atomic E-state index is 11.4. The van der Waals surface area contributed by atoms with E-state index >= 15 is 0 Å². The molecule has 0 saturated carbocycles. The van der Waals surface area contributed by atoms with Crippen LogP contribution in [0.25, 0.3) is 0 Å². The number of ether oxygens (including phenoxy) is 1. The number of allylic oxidation sites excluding steroid dienone is 3. The molecule has 92 valence electrons. The van der Waals surface area contributed by atoms with Gasteiger partial charge in [-0.3, -0.25) is 4.79 Å². The van der Waals surface area contributed by atoms with E-state index in [1.54, 1.807) is 18.2 Å². The van der Waals surface area contributed by atoms with Crippen molar-refractivity contribution in [1.29, 1.82) is 0 Å². The first kappa shape index (κ1) is 13.2. The first-order valence-corrected chi connectivity index (χ1v) is 5.44. The van der Waals surface area contributed by atoms with E-state index in [2.05, 4.69) is 0 Å². The minimum Gasteiger partial charge on any atom is -0.507 e. The summed E-state index contributed by atoms with van der Waals surface area (Å²) >= 11 is 0. The van der Waals surface area contributed by atoms with Crippen molar-refractivity contribution in [3.63, 3.8) is 0 Å². The summed E-state index contributed by atoms with van der Waals surface area (Å²) in [5.41, 5.74) is -1.51. The first-order valence-electron chi connectivity index (χ1n) is 5.44. The monoisotopic (exact) mass is 236 g/mol. The number of aliphatic hydroxyl groups excluding tert-OH is 1. The van der Waals surface area contributed by atoms with Gasteiger partial charge in [0, 0.05) is 0 Å². The van der Waals surface area contributed by atoms with Crippen LogP contribution in [0, 0.1) is 0 Å². The van der Waals surface area contributed by atoms with Gasteiger partial charge in [0.25, 0.3) is 0 Å². The highest BCUT2D eigenvalue weighted by atomic mass is 16.6. The summed E-state index contributed by atoms with van der Waals surface area (Å²) in [6.45, 7) is 4.75. The SMILES string of the molecule is CC/C=C/C=C/C1(C)OC(=O)C(C(C)=O)=C1O. The van der Waals surface area contributed by atoms with Crippen molar-refractivity contribution >= 4 is 11.8 Å². The Hall–Kier alpha value is -1.84. The second-order valence-electron chi connectivity index (χ2n) is 3.97. The fourth-order valence-electron chi connectivity index (χ4n) is 1.51. The number of rotatable bonds is 4. The highest BCUT2D eigenvalue weighted by Crippen LogP contribution is 2.32. The number of esters is 1. The Morgan fingerprint density at radius 3 is 2.59 bits per heavy atom. The van der Waals surface area contributed by atoms with Gasteiger partial charge in [0.05, 0.1) is 0 Å². The van der Waals surface area contributed by atoms with E-state index in [4.69, 9.17) is 4.74 Å². The average Bonchev–Trinajstić information content (AvgIpc) is 2.45. The fourth-order valence-corrected chi connectivity index (χ4v) is 1.51. The van der Waals surface area contributed by atoms with Crippen molar-refractivity contribution in [2.75, 3.05) is 0 Å². The number of cyclic esters (lactones) is 1. The topological polar surface area (TPSA) is 63.6 Å². The Morgan fingerprint density at radius 2 is 2.12 bits per heavy atom. The molecule has 1 N–H and O–H groups in total. The maximum Gasteiger partial charge on any atom is 0.346 e. The van der Waals surface area contributed by atoms with Crippen molar-refractivity contribution in [2.24, 2.45) is 0 Å². The van der Waals surface area contributed by atoms with Gasteiger partial charge in [-0.25, -0.2) is 4.79 Å². The van der Waals surface area contributed by atoms with Gasteiger partial charge in [0.2, 0.25) is 0 Å². The molecule has 0 aromatic rings. The van der Waals surface area contributed by atoms with E-state index in [1.807, 2.05) is 13.0 Å². The summed E-state index contributed by atoms with van der Waals surface area (Å²) in [4.78, 5) is 22.6. The average molecular weight is 236 g/mol. The van der Waals surface area contributed by atoms with Crippen LogP contribution < -0.4 is 0 Å². The lowest BCUT2D eigenvalue weighted by Gasteiger charge is -2.18. The van der Waals surface area contributed by atoms with E-state index in [1.165, 1.54) is 13.8 Å². The Labute approximate surface area is 100 Å². The van der Waals surface area contributed by atoms with Crippen LogP contribution in [0.15, 0.2) is 35.6 Å². The predicted molar refractivity (Wildman–Crippen MR) is 63.4 cm³/mol. The van der Waals surface area contributed by atoms with E-state index < -0.39 is 17.4 Å². The lowest BCUT2D eigenvalue weighted by Crippen LogP contribution is -2.24. The van der Waals surface area contributed by atoms with Crippen LogP contribution >= 0.6 is 0 Å². The van der Waals surface area contributed by atoms with Crippen LogP contribution in [-0.2, 0) is 14.3 Å². The lowest BCUT2D eigenvalue weighted by atomic mass is 10.0. The number of Topliss-reactive ketones (excluding diaryl/α,β-unsaturated/α-hetero) is 1. The van der Waals surface area contributed by atoms with Gasteiger partial charge in [-0.15, -0.1) is 0 Å². The Morgan fingerprint density at radius 1 is 1.47 bits per heavy atom. The molecule has 0 bridgehead atoms. The molecule has 4 nitrogen and oxygen atoms in total. The van der Waals surface area contributed by atoms with Crippen LogP contribution in [0.5, 0.6) is 0 Å². The smallest absolute Gasteiger partial charge is 0.346 e. The molecule has 1 rings (SSSR count). The van der Waals surface area contributed by atoms with Crippen molar-refractivity contribution in [3.05, 3.63) is 35.6 Å². The highest BCUT2D eigenvalue weighted by Gasteiger charge is 2.44. The number of carbonyl (C=O) groups excluding carboxylic acids is 2. The molecule has 1 aliphatic rings. The van der Waals surface area contributed by atoms with Crippen LogP contribution in [0.1, 0.15) is 27.2 Å². The molecule has 1 atom stereocenters. The number of hydrogen-bond donors (Lipinski definition) is 1. The molecular weight excluding hydrogens is 220 g/mol. The highest BCUT2D eigenvalue weighted by molar-refractivity contribution is 6.18. The van der Waals surface area contributed by atoms with Crippen LogP contribution in [-0.4, -0.2) is 22.5 Å². The number of aliphatic hydroxyl groups is 1. The molecule has 0 aromatic heterocycles. The number of ketones is 1. The van der Waals surface area contributed by atoms with Crippen LogP contribution in [0.2, 0.25) is 0 Å². The Balaban J connectivity index is 3.00. The lowest BCUT2D eigenvalue weighted by molar-refractivity contribution is -0.144. The van der Waals surface area contributed by atoms with Gasteiger partial charge in [-0.2, -0.15) is 0 Å². The molecular formula is C13H16O4. The molecule has 1 aliphatic heterocycles. The summed E-state index contributed by atoms with van der Waals surface area (Å²) in [5.74, 6) is -1.59. The molecule has 0 spiro atoms. The summed E-state index contributed by atoms with van der Waals surface area (Å²) in [5, 5.41) is 9.84. The van der Waals surface area contributed by atoms with Crippen molar-refractivity contribution in [1.82, 2.24) is 0 Å². The van der Waals surface area contributed by atoms with Gasteiger partial charge < -0.3 is 9.84 Å². The van der Waals surface area contributed by atoms with E-state index in [0.717, 1.165) is 6.42 Å². The van der Waals surface area contributed by atoms with Gasteiger partial charge >= 0.3 is 5.97 Å². The van der Waals surface area contributed by atoms with Crippen LogP contribution in [0.3, 0.4) is 0 Å². The minimum absolute atomic E-state index is 0.267. The Kier molecular flexibility index (Phi) is 3.89. The molecule has 1 unspecified atom stereocenters. The molecule has 0 radical (unpaired) electrons. The molecule has 0 aliphatic carbocycles. The summed E-state index contributed by atoms with van der Waals surface area (Å²) in [7, 11) is 0. The molecule has 0 aromatic carbocycles. The summed E-state index contributed by atoms with van der Waals surface area (Å²) < 4.78 is 5.01. The van der Waals surface area contributed by atoms with Crippen molar-refractivity contribution in [3.8, 4) is 0 Å². The van der Waals surface area contributed by atoms with Gasteiger partial charge in [-0.05, 0) is 26.3 Å². The standard InChI is InChI=1S/C13H16O4/c1-4-5-6-7-8-13(3)11(15)10(9(2)14)12(16)17-13/h5-8,15H,4H2,1-3H3/b6-5+,8-7+. The number of hydrogen-bond acceptors (Lipinski definition) is 4. The zero-order chi connectivity index (χ0) is 13.1. The third kappa shape index (κ3) is 2.64. The van der Waals surface area contributed by atoms with E-state index in [-0.39, 0.29) is 11.3 Å². The van der Waals surface area contributed by atoms with E-state index in [9.17, 15) is 14.7 Å². The first-order chi connectivity index (χ1) is 7.92. The molecule has 0 fully saturated rings. The molecule has 0 amide bonds. The zero-order valence-electron chi connectivity index (χ0n) is 10.2. The predicted octanol–water partition coefficient (Wildman–Crippen LogP) is 2.23. The molecule has 0 saturated heterocycles. The normalized spacial score (nSPS) is 25.0. The Bertz CT molecular complexity index is 429. The third-order valence-corrected chi connectivity index (χ3v) is 2.47. The maximum absolute atomic E-state index is 11.4. The van der Waals surface area contributed by atoms with Crippen LogP contribution in [0.4, 0.5) is 0 Å². The van der Waals surface area contributed by atoms with Gasteiger partial charge in [0.1, 0.15) is 5.57 Å². The second kappa shape index (κ2) is 4.99. The quantitative estimate of drug-likeness (QED) is 0.462. The van der Waals surface area contributed by atoms with Crippen molar-refractivity contribution < 1.29 is 19.4 Å². The fraction of sp³-hybridized carbons (Fsp3) is 0.385. The molecule has 1 heterocycles. The van der Waals surface area contributed by atoms with Crippen molar-refractivity contribution in [2.45, 2.75) is 32.8 Å². The van der Waals surface area contributed by atoms with Gasteiger partial charge in [0.15, 0.2) is 17.1 Å².